The molecule has 3 aromatic carbocycles. The van der Waals surface area contributed by atoms with E-state index in [9.17, 15) is 24.3 Å². The van der Waals surface area contributed by atoms with Crippen LogP contribution < -0.4 is 21.7 Å². The van der Waals surface area contributed by atoms with Crippen LogP contribution in [0.15, 0.2) is 63.5 Å². The Balaban J connectivity index is 1.21. The smallest absolute Gasteiger partial charge is 0.411 e. The van der Waals surface area contributed by atoms with Crippen molar-refractivity contribution in [2.45, 2.75) is 43.7 Å². The van der Waals surface area contributed by atoms with Gasteiger partial charge in [-0.15, -0.1) is 0 Å². The van der Waals surface area contributed by atoms with Crippen molar-refractivity contribution in [2.75, 3.05) is 51.3 Å². The molecular weight excluding hydrogens is 798 g/mol. The van der Waals surface area contributed by atoms with Crippen LogP contribution in [-0.2, 0) is 17.6 Å². The molecule has 0 saturated carbocycles. The van der Waals surface area contributed by atoms with Crippen LogP contribution in [0.1, 0.15) is 47.3 Å². The molecule has 3 heterocycles. The molecule has 274 valence electrons. The fourth-order valence-electron chi connectivity index (χ4n) is 6.89. The van der Waals surface area contributed by atoms with E-state index in [1.54, 1.807) is 23.1 Å². The van der Waals surface area contributed by atoms with E-state index in [0.29, 0.717) is 76.0 Å². The van der Waals surface area contributed by atoms with Crippen molar-refractivity contribution >= 4 is 78.3 Å². The molecule has 1 unspecified atom stereocenters. The van der Waals surface area contributed by atoms with Crippen LogP contribution in [-0.4, -0.2) is 100 Å². The average Bonchev–Trinajstić information content (AvgIpc) is 3.45. The van der Waals surface area contributed by atoms with Gasteiger partial charge in [0.25, 0.3) is 0 Å². The molecule has 1 fully saturated rings. The molecule has 2 atom stereocenters. The normalized spacial score (nSPS) is 16.2. The molecule has 4 aromatic rings. The lowest BCUT2D eigenvalue weighted by Gasteiger charge is -2.38. The SMILES string of the molecule is CN(C)CC(C(=O)NC(=O)O)c1ccc2nc([C@@H](Cc3cc(Br)c(N)c(Br)c3)NC(=O)N3CCC(N4CCc5ccccc5NC4=O)CC3)[nH]c2c1. The van der Waals surface area contributed by atoms with E-state index in [0.717, 1.165) is 23.2 Å². The Labute approximate surface area is 317 Å². The molecule has 6 amide bonds. The van der Waals surface area contributed by atoms with Crippen molar-refractivity contribution in [1.82, 2.24) is 35.3 Å². The highest BCUT2D eigenvalue weighted by Crippen LogP contribution is 2.32. The number of halogens is 2. The Bertz CT molecular complexity index is 1970. The van der Waals surface area contributed by atoms with Crippen LogP contribution in [0.25, 0.3) is 11.0 Å². The summed E-state index contributed by atoms with van der Waals surface area (Å²) >= 11 is 7.05. The number of nitrogens with zero attached hydrogens (tertiary/aromatic N) is 4. The van der Waals surface area contributed by atoms with Gasteiger partial charge < -0.3 is 41.2 Å². The first-order chi connectivity index (χ1) is 24.9. The predicted molar refractivity (Wildman–Crippen MR) is 205 cm³/mol. The maximum absolute atomic E-state index is 13.9. The summed E-state index contributed by atoms with van der Waals surface area (Å²) in [6, 6.07) is 16.1. The number of piperidine rings is 1. The number of anilines is 2. The zero-order valence-corrected chi connectivity index (χ0v) is 32.0. The van der Waals surface area contributed by atoms with Gasteiger partial charge in [0.1, 0.15) is 5.82 Å². The number of aromatic amines is 1. The minimum absolute atomic E-state index is 0.0112. The van der Waals surface area contributed by atoms with Gasteiger partial charge in [-0.1, -0.05) is 24.3 Å². The summed E-state index contributed by atoms with van der Waals surface area (Å²) in [6.07, 6.45) is 1.03. The number of hydrogen-bond donors (Lipinski definition) is 6. The molecule has 16 heteroatoms. The molecule has 0 bridgehead atoms. The number of carbonyl (C=O) groups excluding carboxylic acids is 3. The van der Waals surface area contributed by atoms with E-state index < -0.39 is 24.0 Å². The molecule has 2 aliphatic heterocycles. The number of fused-ring (bicyclic) bond motifs is 2. The number of hydrogen-bond acceptors (Lipinski definition) is 7. The molecule has 1 saturated heterocycles. The molecule has 1 aromatic heterocycles. The van der Waals surface area contributed by atoms with E-state index in [2.05, 4.69) is 47.5 Å². The second kappa shape index (κ2) is 15.9. The van der Waals surface area contributed by atoms with E-state index in [1.807, 2.05) is 65.6 Å². The van der Waals surface area contributed by atoms with Crippen LogP contribution in [0.3, 0.4) is 0 Å². The minimum atomic E-state index is -1.42. The maximum atomic E-state index is 13.9. The first kappa shape index (κ1) is 37.1. The van der Waals surface area contributed by atoms with Crippen molar-refractivity contribution in [1.29, 1.82) is 0 Å². The number of nitrogen functional groups attached to an aromatic ring is 1. The van der Waals surface area contributed by atoms with E-state index in [4.69, 9.17) is 10.7 Å². The van der Waals surface area contributed by atoms with Gasteiger partial charge in [0.05, 0.1) is 28.7 Å². The van der Waals surface area contributed by atoms with Gasteiger partial charge in [-0.05, 0) is 112 Å². The Morgan fingerprint density at radius 1 is 1.06 bits per heavy atom. The molecule has 7 N–H and O–H groups in total. The lowest BCUT2D eigenvalue weighted by molar-refractivity contribution is -0.122. The second-order valence-corrected chi connectivity index (χ2v) is 15.1. The summed E-state index contributed by atoms with van der Waals surface area (Å²) in [5.74, 6) is -0.865. The van der Waals surface area contributed by atoms with Crippen molar-refractivity contribution in [3.05, 3.63) is 86.1 Å². The second-order valence-electron chi connectivity index (χ2n) is 13.4. The molecule has 2 aliphatic rings. The highest BCUT2D eigenvalue weighted by Gasteiger charge is 2.33. The molecule has 0 spiro atoms. The van der Waals surface area contributed by atoms with Crippen molar-refractivity contribution < 1.29 is 24.3 Å². The largest absolute Gasteiger partial charge is 0.465 e. The number of rotatable bonds is 9. The monoisotopic (exact) mass is 837 g/mol. The highest BCUT2D eigenvalue weighted by molar-refractivity contribution is 9.11. The van der Waals surface area contributed by atoms with E-state index >= 15 is 0 Å². The lowest BCUT2D eigenvalue weighted by atomic mass is 9.97. The number of carbonyl (C=O) groups is 4. The van der Waals surface area contributed by atoms with Crippen molar-refractivity contribution in [3.63, 3.8) is 0 Å². The third-order valence-corrected chi connectivity index (χ3v) is 10.9. The van der Waals surface area contributed by atoms with Gasteiger partial charge in [-0.3, -0.25) is 10.1 Å². The first-order valence-corrected chi connectivity index (χ1v) is 18.6. The Hall–Kier alpha value is -4.67. The minimum Gasteiger partial charge on any atom is -0.465 e. The number of urea groups is 2. The van der Waals surface area contributed by atoms with Crippen LogP contribution in [0.5, 0.6) is 0 Å². The lowest BCUT2D eigenvalue weighted by Crippen LogP contribution is -2.52. The first-order valence-electron chi connectivity index (χ1n) is 17.0. The number of imide groups is 1. The summed E-state index contributed by atoms with van der Waals surface area (Å²) in [4.78, 5) is 64.8. The predicted octanol–water partition coefficient (Wildman–Crippen LogP) is 5.66. The van der Waals surface area contributed by atoms with Gasteiger partial charge in [-0.2, -0.15) is 0 Å². The maximum Gasteiger partial charge on any atom is 0.411 e. The molecule has 14 nitrogen and oxygen atoms in total. The molecular formula is C36H41Br2N9O5. The van der Waals surface area contributed by atoms with Gasteiger partial charge in [0, 0.05) is 53.3 Å². The quantitative estimate of drug-likeness (QED) is 0.117. The number of likely N-dealkylation sites (N-methyl/N-ethyl adjacent to an activating group) is 1. The summed E-state index contributed by atoms with van der Waals surface area (Å²) < 4.78 is 1.43. The zero-order chi connectivity index (χ0) is 37.1. The number of amides is 6. The summed E-state index contributed by atoms with van der Waals surface area (Å²) in [5.41, 5.74) is 11.4. The molecule has 52 heavy (non-hydrogen) atoms. The van der Waals surface area contributed by atoms with Crippen LogP contribution in [0.4, 0.5) is 25.8 Å². The van der Waals surface area contributed by atoms with Gasteiger partial charge >= 0.3 is 18.2 Å². The fraction of sp³-hybridized carbons (Fsp3) is 0.361. The fourth-order valence-corrected chi connectivity index (χ4v) is 8.17. The van der Waals surface area contributed by atoms with E-state index in [1.165, 1.54) is 0 Å². The molecule has 0 radical (unpaired) electrons. The van der Waals surface area contributed by atoms with Crippen LogP contribution >= 0.6 is 31.9 Å². The number of para-hydroxylation sites is 1. The zero-order valence-electron chi connectivity index (χ0n) is 28.8. The summed E-state index contributed by atoms with van der Waals surface area (Å²) in [6.45, 7) is 1.86. The molecule has 6 rings (SSSR count). The number of nitrogens with one attached hydrogen (secondary N) is 4. The topological polar surface area (TPSA) is 189 Å². The third kappa shape index (κ3) is 8.51. The standard InChI is InChI=1S/C36H41Br2N9O5/c1-45(2)19-24(33(48)44-36(51)52)22-7-8-28-29(18-22)41-32(40-28)30(17-20-15-25(37)31(39)26(38)16-20)43-34(49)46-12-10-23(11-13-46)47-14-9-21-5-3-4-6-27(21)42-35(47)50/h3-8,15-16,18,23-24,30H,9-14,17,19,39H2,1-2H3,(H,40,41)(H,42,50)(H,43,49)(H,44,48)(H,51,52)/t24?,30-/m1/s1. The third-order valence-electron chi connectivity index (χ3n) is 9.56. The average molecular weight is 840 g/mol. The number of aromatic nitrogens is 2. The van der Waals surface area contributed by atoms with Crippen LogP contribution in [0, 0.1) is 0 Å². The number of benzene rings is 3. The molecule has 0 aliphatic carbocycles. The number of carboxylic acid groups (broad SMARTS) is 1. The van der Waals surface area contributed by atoms with Gasteiger partial charge in [-0.25, -0.2) is 19.4 Å². The van der Waals surface area contributed by atoms with Crippen molar-refractivity contribution in [2.24, 2.45) is 0 Å². The van der Waals surface area contributed by atoms with E-state index in [-0.39, 0.29) is 24.6 Å². The number of nitrogens with two attached hydrogens (primary N) is 1. The highest BCUT2D eigenvalue weighted by atomic mass is 79.9. The summed E-state index contributed by atoms with van der Waals surface area (Å²) in [5, 5.41) is 17.4. The Kier molecular flexibility index (Phi) is 11.4. The van der Waals surface area contributed by atoms with Crippen molar-refractivity contribution in [3.8, 4) is 0 Å². The summed E-state index contributed by atoms with van der Waals surface area (Å²) in [7, 11) is 3.62. The van der Waals surface area contributed by atoms with Crippen LogP contribution in [0.2, 0.25) is 0 Å². The number of H-pyrrole nitrogens is 1. The number of imidazole rings is 1. The van der Waals surface area contributed by atoms with Gasteiger partial charge in [0.15, 0.2) is 0 Å². The van der Waals surface area contributed by atoms with Gasteiger partial charge in [0.2, 0.25) is 5.91 Å². The Morgan fingerprint density at radius 3 is 2.46 bits per heavy atom. The Morgan fingerprint density at radius 2 is 1.77 bits per heavy atom. The number of likely N-dealkylation sites (tertiary alicyclic amines) is 1.